The molecule has 0 aliphatic rings. The second kappa shape index (κ2) is 6.29. The van der Waals surface area contributed by atoms with Crippen LogP contribution >= 0.6 is 11.3 Å². The highest BCUT2D eigenvalue weighted by Gasteiger charge is 2.14. The number of nitrogens with zero attached hydrogens (tertiary/aromatic N) is 2. The maximum Gasteiger partial charge on any atom is 0.0362 e. The zero-order valence-electron chi connectivity index (χ0n) is 15.2. The Morgan fingerprint density at radius 2 is 1.07 bits per heavy atom. The molecule has 0 atom stereocenters. The van der Waals surface area contributed by atoms with Crippen molar-refractivity contribution in [1.29, 1.82) is 0 Å². The Bertz CT molecular complexity index is 1270. The van der Waals surface area contributed by atoms with Gasteiger partial charge in [-0.1, -0.05) is 0 Å². The summed E-state index contributed by atoms with van der Waals surface area (Å²) in [6, 6.07) is 17.6. The molecule has 27 heavy (non-hydrogen) atoms. The average molecular weight is 366 g/mol. The van der Waals surface area contributed by atoms with E-state index in [2.05, 4.69) is 72.3 Å². The quantitative estimate of drug-likeness (QED) is 0.343. The van der Waals surface area contributed by atoms with E-state index in [0.29, 0.717) is 0 Å². The SMILES string of the molecule is Cc1cc2sc3cc(-c4ccncc4)c(-c4ccncc4)cc3c2cc1C. The normalized spacial score (nSPS) is 11.3. The highest BCUT2D eigenvalue weighted by molar-refractivity contribution is 7.25. The van der Waals surface area contributed by atoms with Crippen LogP contribution in [-0.2, 0) is 0 Å². The van der Waals surface area contributed by atoms with Crippen LogP contribution in [0.1, 0.15) is 11.1 Å². The van der Waals surface area contributed by atoms with Crippen molar-refractivity contribution < 1.29 is 0 Å². The van der Waals surface area contributed by atoms with E-state index in [0.717, 1.165) is 0 Å². The second-order valence-electron chi connectivity index (χ2n) is 6.90. The number of benzene rings is 2. The minimum Gasteiger partial charge on any atom is -0.265 e. The van der Waals surface area contributed by atoms with Crippen LogP contribution in [0.2, 0.25) is 0 Å². The van der Waals surface area contributed by atoms with Crippen molar-refractivity contribution in [3.8, 4) is 22.3 Å². The molecule has 5 aromatic rings. The first-order valence-electron chi connectivity index (χ1n) is 8.99. The van der Waals surface area contributed by atoms with E-state index < -0.39 is 0 Å². The molecule has 3 heteroatoms. The number of hydrogen-bond donors (Lipinski definition) is 0. The standard InChI is InChI=1S/C24H18N2S/c1-15-11-21-22-13-19(17-3-7-25-8-4-17)20(18-5-9-26-10-6-18)14-24(22)27-23(21)12-16(15)2/h3-14H,1-2H3. The third-order valence-corrected chi connectivity index (χ3v) is 6.32. The molecule has 5 rings (SSSR count). The van der Waals surface area contributed by atoms with Crippen molar-refractivity contribution in [2.24, 2.45) is 0 Å². The summed E-state index contributed by atoms with van der Waals surface area (Å²) >= 11 is 1.87. The predicted octanol–water partition coefficient (Wildman–Crippen LogP) is 6.80. The summed E-state index contributed by atoms with van der Waals surface area (Å²) in [6.45, 7) is 4.37. The molecule has 0 unspecified atom stereocenters. The summed E-state index contributed by atoms with van der Waals surface area (Å²) in [7, 11) is 0. The molecule has 0 N–H and O–H groups in total. The van der Waals surface area contributed by atoms with Crippen LogP contribution < -0.4 is 0 Å². The average Bonchev–Trinajstić information content (AvgIpc) is 3.05. The second-order valence-corrected chi connectivity index (χ2v) is 7.98. The number of fused-ring (bicyclic) bond motifs is 3. The molecule has 0 radical (unpaired) electrons. The zero-order chi connectivity index (χ0) is 18.4. The fourth-order valence-corrected chi connectivity index (χ4v) is 4.83. The first-order valence-corrected chi connectivity index (χ1v) is 9.80. The number of pyridine rings is 2. The first kappa shape index (κ1) is 16.2. The van der Waals surface area contributed by atoms with E-state index in [-0.39, 0.29) is 0 Å². The van der Waals surface area contributed by atoms with Crippen molar-refractivity contribution in [2.45, 2.75) is 13.8 Å². The minimum absolute atomic E-state index is 1.18. The highest BCUT2D eigenvalue weighted by Crippen LogP contribution is 2.42. The predicted molar refractivity (Wildman–Crippen MR) is 115 cm³/mol. The van der Waals surface area contributed by atoms with Gasteiger partial charge in [0.1, 0.15) is 0 Å². The third-order valence-electron chi connectivity index (χ3n) is 5.21. The highest BCUT2D eigenvalue weighted by atomic mass is 32.1. The van der Waals surface area contributed by atoms with Gasteiger partial charge in [-0.3, -0.25) is 9.97 Å². The van der Waals surface area contributed by atoms with Gasteiger partial charge in [0.25, 0.3) is 0 Å². The maximum atomic E-state index is 4.19. The Hall–Kier alpha value is -3.04. The van der Waals surface area contributed by atoms with E-state index in [1.807, 2.05) is 36.1 Å². The largest absolute Gasteiger partial charge is 0.265 e. The van der Waals surface area contributed by atoms with Gasteiger partial charge in [-0.2, -0.15) is 0 Å². The van der Waals surface area contributed by atoms with Crippen LogP contribution in [0.3, 0.4) is 0 Å². The van der Waals surface area contributed by atoms with Gasteiger partial charge >= 0.3 is 0 Å². The molecule has 3 aromatic heterocycles. The molecule has 0 spiro atoms. The van der Waals surface area contributed by atoms with E-state index in [9.17, 15) is 0 Å². The van der Waals surface area contributed by atoms with Gasteiger partial charge in [-0.05, 0) is 95.8 Å². The summed E-state index contributed by atoms with van der Waals surface area (Å²) < 4.78 is 2.67. The van der Waals surface area contributed by atoms with Crippen molar-refractivity contribution in [2.75, 3.05) is 0 Å². The van der Waals surface area contributed by atoms with Gasteiger partial charge in [-0.25, -0.2) is 0 Å². The topological polar surface area (TPSA) is 25.8 Å². The van der Waals surface area contributed by atoms with Crippen molar-refractivity contribution >= 4 is 31.5 Å². The number of rotatable bonds is 2. The molecule has 0 bridgehead atoms. The lowest BCUT2D eigenvalue weighted by molar-refractivity contribution is 1.32. The summed E-state index contributed by atoms with van der Waals surface area (Å²) in [5.41, 5.74) is 7.51. The molecule has 0 saturated heterocycles. The van der Waals surface area contributed by atoms with Crippen molar-refractivity contribution in [3.63, 3.8) is 0 Å². The molecular formula is C24H18N2S. The van der Waals surface area contributed by atoms with Crippen LogP contribution in [0.4, 0.5) is 0 Å². The Morgan fingerprint density at radius 1 is 0.593 bits per heavy atom. The molecular weight excluding hydrogens is 348 g/mol. The molecule has 0 aliphatic carbocycles. The molecule has 0 amide bonds. The molecule has 2 aromatic carbocycles. The number of aromatic nitrogens is 2. The number of aryl methyl sites for hydroxylation is 2. The van der Waals surface area contributed by atoms with Gasteiger partial charge in [0, 0.05) is 45.0 Å². The summed E-state index contributed by atoms with van der Waals surface area (Å²) in [5, 5.41) is 2.66. The Balaban J connectivity index is 1.88. The van der Waals surface area contributed by atoms with Gasteiger partial charge in [0.2, 0.25) is 0 Å². The lowest BCUT2D eigenvalue weighted by Gasteiger charge is -2.11. The fourth-order valence-electron chi connectivity index (χ4n) is 3.62. The third kappa shape index (κ3) is 2.71. The molecule has 2 nitrogen and oxygen atoms in total. The Kier molecular flexibility index (Phi) is 3.76. The lowest BCUT2D eigenvalue weighted by atomic mass is 9.93. The van der Waals surface area contributed by atoms with Gasteiger partial charge in [0.15, 0.2) is 0 Å². The first-order chi connectivity index (χ1) is 13.2. The summed E-state index contributed by atoms with van der Waals surface area (Å²) in [5.74, 6) is 0. The molecule has 0 fully saturated rings. The number of hydrogen-bond acceptors (Lipinski definition) is 3. The number of thiophene rings is 1. The van der Waals surface area contributed by atoms with Gasteiger partial charge in [0.05, 0.1) is 0 Å². The fraction of sp³-hybridized carbons (Fsp3) is 0.0833. The summed E-state index contributed by atoms with van der Waals surface area (Å²) in [6.07, 6.45) is 7.42. The minimum atomic E-state index is 1.18. The van der Waals surface area contributed by atoms with Crippen molar-refractivity contribution in [1.82, 2.24) is 9.97 Å². The van der Waals surface area contributed by atoms with Crippen molar-refractivity contribution in [3.05, 3.63) is 84.4 Å². The van der Waals surface area contributed by atoms with E-state index in [1.165, 1.54) is 53.6 Å². The summed E-state index contributed by atoms with van der Waals surface area (Å²) in [4.78, 5) is 8.37. The van der Waals surface area contributed by atoms with Crippen LogP contribution in [0.5, 0.6) is 0 Å². The molecule has 3 heterocycles. The van der Waals surface area contributed by atoms with Crippen LogP contribution in [0, 0.1) is 13.8 Å². The Morgan fingerprint density at radius 3 is 1.70 bits per heavy atom. The molecule has 130 valence electrons. The van der Waals surface area contributed by atoms with Crippen LogP contribution in [-0.4, -0.2) is 9.97 Å². The molecule has 0 saturated carbocycles. The van der Waals surface area contributed by atoms with E-state index in [1.54, 1.807) is 0 Å². The maximum absolute atomic E-state index is 4.19. The van der Waals surface area contributed by atoms with Crippen LogP contribution in [0.15, 0.2) is 73.3 Å². The van der Waals surface area contributed by atoms with E-state index >= 15 is 0 Å². The van der Waals surface area contributed by atoms with E-state index in [4.69, 9.17) is 0 Å². The lowest BCUT2D eigenvalue weighted by Crippen LogP contribution is -1.86. The van der Waals surface area contributed by atoms with Gasteiger partial charge < -0.3 is 0 Å². The Labute approximate surface area is 162 Å². The monoisotopic (exact) mass is 366 g/mol. The zero-order valence-corrected chi connectivity index (χ0v) is 16.0. The smallest absolute Gasteiger partial charge is 0.0362 e. The molecule has 0 aliphatic heterocycles. The van der Waals surface area contributed by atoms with Crippen LogP contribution in [0.25, 0.3) is 42.4 Å². The van der Waals surface area contributed by atoms with Gasteiger partial charge in [-0.15, -0.1) is 11.3 Å².